The molecular formula is C15H20F3NO4. The van der Waals surface area contributed by atoms with E-state index in [1.807, 2.05) is 0 Å². The van der Waals surface area contributed by atoms with Crippen LogP contribution in [0.15, 0.2) is 24.3 Å². The normalized spacial score (nSPS) is 13.3. The van der Waals surface area contributed by atoms with Crippen LogP contribution < -0.4 is 10.1 Å². The molecule has 0 aliphatic carbocycles. The third-order valence-electron chi connectivity index (χ3n) is 2.60. The first-order valence-corrected chi connectivity index (χ1v) is 6.96. The van der Waals surface area contributed by atoms with Crippen LogP contribution in [0.2, 0.25) is 0 Å². The largest absolute Gasteiger partial charge is 0.573 e. The number of aliphatic hydroxyl groups excluding tert-OH is 1. The zero-order valence-corrected chi connectivity index (χ0v) is 13.1. The van der Waals surface area contributed by atoms with Crippen LogP contribution in [0.4, 0.5) is 18.0 Å². The van der Waals surface area contributed by atoms with E-state index in [0.29, 0.717) is 5.56 Å². The van der Waals surface area contributed by atoms with Crippen molar-refractivity contribution in [3.63, 3.8) is 0 Å². The molecule has 8 heteroatoms. The van der Waals surface area contributed by atoms with Gasteiger partial charge in [0.15, 0.2) is 0 Å². The molecule has 0 bridgehead atoms. The number of rotatable bonds is 5. The fourth-order valence-corrected chi connectivity index (χ4v) is 1.83. The fourth-order valence-electron chi connectivity index (χ4n) is 1.83. The standard InChI is InChI=1S/C15H20F3NO4/c1-14(2,3)23-13(21)19-12(7-8-20)10-5-4-6-11(9-10)22-15(16,17)18/h4-6,9,12,20H,7-8H2,1-3H3,(H,19,21). The average molecular weight is 335 g/mol. The molecule has 2 N–H and O–H groups in total. The maximum absolute atomic E-state index is 12.3. The van der Waals surface area contributed by atoms with Gasteiger partial charge in [-0.2, -0.15) is 0 Å². The van der Waals surface area contributed by atoms with Gasteiger partial charge in [-0.05, 0) is 44.9 Å². The number of alkyl carbamates (subject to hydrolysis) is 1. The Kier molecular flexibility index (Phi) is 6.26. The average Bonchev–Trinajstić information content (AvgIpc) is 2.34. The molecule has 0 aromatic heterocycles. The van der Waals surface area contributed by atoms with E-state index in [1.165, 1.54) is 12.1 Å². The van der Waals surface area contributed by atoms with Gasteiger partial charge in [-0.1, -0.05) is 12.1 Å². The molecule has 0 spiro atoms. The van der Waals surface area contributed by atoms with E-state index < -0.39 is 29.8 Å². The third kappa shape index (κ3) is 7.73. The van der Waals surface area contributed by atoms with Crippen molar-refractivity contribution in [1.82, 2.24) is 5.32 Å². The molecule has 0 fully saturated rings. The lowest BCUT2D eigenvalue weighted by molar-refractivity contribution is -0.274. The summed E-state index contributed by atoms with van der Waals surface area (Å²) in [5.74, 6) is -0.399. The molecule has 0 aliphatic rings. The van der Waals surface area contributed by atoms with Crippen molar-refractivity contribution in [3.05, 3.63) is 29.8 Å². The first kappa shape index (κ1) is 19.1. The minimum Gasteiger partial charge on any atom is -0.444 e. The molecule has 1 amide bonds. The highest BCUT2D eigenvalue weighted by Gasteiger charge is 2.31. The number of carbonyl (C=O) groups is 1. The lowest BCUT2D eigenvalue weighted by atomic mass is 10.0. The Morgan fingerprint density at radius 1 is 1.30 bits per heavy atom. The summed E-state index contributed by atoms with van der Waals surface area (Å²) in [7, 11) is 0. The van der Waals surface area contributed by atoms with Crippen molar-refractivity contribution in [3.8, 4) is 5.75 Å². The Balaban J connectivity index is 2.88. The first-order valence-electron chi connectivity index (χ1n) is 6.96. The molecule has 130 valence electrons. The van der Waals surface area contributed by atoms with Gasteiger partial charge in [0.25, 0.3) is 0 Å². The number of hydrogen-bond donors (Lipinski definition) is 2. The van der Waals surface area contributed by atoms with Gasteiger partial charge in [-0.25, -0.2) is 4.79 Å². The fraction of sp³-hybridized carbons (Fsp3) is 0.533. The second-order valence-electron chi connectivity index (χ2n) is 5.83. The first-order chi connectivity index (χ1) is 10.5. The zero-order chi connectivity index (χ0) is 17.7. The lowest BCUT2D eigenvalue weighted by Gasteiger charge is -2.24. The van der Waals surface area contributed by atoms with Crippen LogP contribution in [0.1, 0.15) is 38.8 Å². The molecule has 1 aromatic carbocycles. The summed E-state index contributed by atoms with van der Waals surface area (Å²) in [5.41, 5.74) is -0.346. The van der Waals surface area contributed by atoms with Crippen LogP contribution >= 0.6 is 0 Å². The number of nitrogens with one attached hydrogen (secondary N) is 1. The molecule has 1 aromatic rings. The molecule has 23 heavy (non-hydrogen) atoms. The molecular weight excluding hydrogens is 315 g/mol. The van der Waals surface area contributed by atoms with E-state index in [2.05, 4.69) is 10.1 Å². The van der Waals surface area contributed by atoms with Crippen LogP contribution in [-0.4, -0.2) is 29.8 Å². The summed E-state index contributed by atoms with van der Waals surface area (Å²) in [6, 6.07) is 4.51. The Labute approximate surface area is 132 Å². The second kappa shape index (κ2) is 7.54. The van der Waals surface area contributed by atoms with E-state index in [-0.39, 0.29) is 13.0 Å². The zero-order valence-electron chi connectivity index (χ0n) is 13.1. The van der Waals surface area contributed by atoms with E-state index in [0.717, 1.165) is 12.1 Å². The van der Waals surface area contributed by atoms with E-state index >= 15 is 0 Å². The van der Waals surface area contributed by atoms with Crippen molar-refractivity contribution >= 4 is 6.09 Å². The summed E-state index contributed by atoms with van der Waals surface area (Å²) < 4.78 is 45.8. The van der Waals surface area contributed by atoms with Crippen molar-refractivity contribution in [2.45, 2.75) is 45.2 Å². The van der Waals surface area contributed by atoms with Crippen molar-refractivity contribution < 1.29 is 32.5 Å². The monoisotopic (exact) mass is 335 g/mol. The van der Waals surface area contributed by atoms with Gasteiger partial charge in [0.2, 0.25) is 0 Å². The van der Waals surface area contributed by atoms with Gasteiger partial charge in [-0.3, -0.25) is 0 Å². The quantitative estimate of drug-likeness (QED) is 0.864. The molecule has 0 radical (unpaired) electrons. The maximum atomic E-state index is 12.3. The van der Waals surface area contributed by atoms with Crippen molar-refractivity contribution in [1.29, 1.82) is 0 Å². The number of halogens is 3. The smallest absolute Gasteiger partial charge is 0.444 e. The topological polar surface area (TPSA) is 67.8 Å². The summed E-state index contributed by atoms with van der Waals surface area (Å²) >= 11 is 0. The van der Waals surface area contributed by atoms with E-state index in [9.17, 15) is 18.0 Å². The number of aliphatic hydroxyl groups is 1. The summed E-state index contributed by atoms with van der Waals surface area (Å²) in [5, 5.41) is 11.6. The molecule has 0 saturated heterocycles. The Bertz CT molecular complexity index is 526. The van der Waals surface area contributed by atoms with Crippen LogP contribution in [0.3, 0.4) is 0 Å². The van der Waals surface area contributed by atoms with Crippen LogP contribution in [0.25, 0.3) is 0 Å². The summed E-state index contributed by atoms with van der Waals surface area (Å²) in [6.07, 6.45) is -5.41. The van der Waals surface area contributed by atoms with Gasteiger partial charge in [0, 0.05) is 6.61 Å². The molecule has 1 rings (SSSR count). The van der Waals surface area contributed by atoms with Gasteiger partial charge in [-0.15, -0.1) is 13.2 Å². The SMILES string of the molecule is CC(C)(C)OC(=O)NC(CCO)c1cccc(OC(F)(F)F)c1. The molecule has 0 heterocycles. The van der Waals surface area contributed by atoms with Crippen molar-refractivity contribution in [2.24, 2.45) is 0 Å². The summed E-state index contributed by atoms with van der Waals surface area (Å²) in [6.45, 7) is 4.80. The maximum Gasteiger partial charge on any atom is 0.573 e. The Morgan fingerprint density at radius 2 is 1.96 bits per heavy atom. The number of hydrogen-bond acceptors (Lipinski definition) is 4. The molecule has 1 atom stereocenters. The number of amides is 1. The van der Waals surface area contributed by atoms with Crippen LogP contribution in [0.5, 0.6) is 5.75 Å². The Hall–Kier alpha value is -1.96. The number of alkyl halides is 3. The highest BCUT2D eigenvalue weighted by atomic mass is 19.4. The highest BCUT2D eigenvalue weighted by Crippen LogP contribution is 2.26. The third-order valence-corrected chi connectivity index (χ3v) is 2.60. The molecule has 5 nitrogen and oxygen atoms in total. The van der Waals surface area contributed by atoms with E-state index in [1.54, 1.807) is 20.8 Å². The summed E-state index contributed by atoms with van der Waals surface area (Å²) in [4.78, 5) is 11.8. The predicted octanol–water partition coefficient (Wildman–Crippen LogP) is 3.53. The van der Waals surface area contributed by atoms with Crippen molar-refractivity contribution in [2.75, 3.05) is 6.61 Å². The highest BCUT2D eigenvalue weighted by molar-refractivity contribution is 5.68. The van der Waals surface area contributed by atoms with Gasteiger partial charge in [0.05, 0.1) is 6.04 Å². The van der Waals surface area contributed by atoms with Crippen LogP contribution in [-0.2, 0) is 4.74 Å². The predicted molar refractivity (Wildman–Crippen MR) is 76.9 cm³/mol. The lowest BCUT2D eigenvalue weighted by Crippen LogP contribution is -2.35. The number of carbonyl (C=O) groups excluding carboxylic acids is 1. The minimum atomic E-state index is -4.80. The molecule has 0 saturated carbocycles. The number of ether oxygens (including phenoxy) is 2. The Morgan fingerprint density at radius 3 is 2.48 bits per heavy atom. The van der Waals surface area contributed by atoms with Crippen LogP contribution in [0, 0.1) is 0 Å². The molecule has 1 unspecified atom stereocenters. The minimum absolute atomic E-state index is 0.120. The second-order valence-corrected chi connectivity index (χ2v) is 5.83. The van der Waals surface area contributed by atoms with Gasteiger partial charge in [0.1, 0.15) is 11.4 Å². The van der Waals surface area contributed by atoms with Gasteiger partial charge < -0.3 is 19.9 Å². The number of benzene rings is 1. The molecule has 0 aliphatic heterocycles. The van der Waals surface area contributed by atoms with E-state index in [4.69, 9.17) is 9.84 Å². The van der Waals surface area contributed by atoms with Gasteiger partial charge >= 0.3 is 12.5 Å².